The fourth-order valence-corrected chi connectivity index (χ4v) is 8.73. The van der Waals surface area contributed by atoms with Gasteiger partial charge >= 0.3 is 5.97 Å². The fourth-order valence-electron chi connectivity index (χ4n) is 7.02. The highest BCUT2D eigenvalue weighted by Crippen LogP contribution is 2.48. The minimum atomic E-state index is -0.627. The third kappa shape index (κ3) is 8.50. The van der Waals surface area contributed by atoms with E-state index in [0.717, 1.165) is 34.1 Å². The molecule has 0 heterocycles. The third-order valence-corrected chi connectivity index (χ3v) is 12.0. The van der Waals surface area contributed by atoms with Gasteiger partial charge in [0.15, 0.2) is 0 Å². The minimum absolute atomic E-state index is 0.109. The Labute approximate surface area is 272 Å². The Hall–Kier alpha value is -1.65. The van der Waals surface area contributed by atoms with E-state index in [2.05, 4.69) is 135 Å². The molecular formula is C37H51BIO2P. The molecule has 0 N–H and O–H groups in total. The Kier molecular flexibility index (Phi) is 12.8. The molecule has 0 aromatic heterocycles. The van der Waals surface area contributed by atoms with Crippen LogP contribution in [-0.4, -0.2) is 24.1 Å². The Balaban J connectivity index is 2.17. The quantitative estimate of drug-likeness (QED) is 0.0490. The highest BCUT2D eigenvalue weighted by atomic mass is 127. The molecule has 3 aromatic rings. The average Bonchev–Trinajstić information content (AvgIpc) is 2.99. The second-order valence-corrected chi connectivity index (χ2v) is 17.0. The van der Waals surface area contributed by atoms with E-state index in [1.807, 2.05) is 13.8 Å². The Morgan fingerprint density at radius 2 is 1.26 bits per heavy atom. The van der Waals surface area contributed by atoms with Crippen LogP contribution in [0.4, 0.5) is 0 Å². The first-order chi connectivity index (χ1) is 19.9. The van der Waals surface area contributed by atoms with Crippen LogP contribution in [0, 0.1) is 10.8 Å². The zero-order chi connectivity index (χ0) is 30.9. The van der Waals surface area contributed by atoms with Gasteiger partial charge in [-0.1, -0.05) is 132 Å². The normalized spacial score (nSPS) is 15.2. The highest BCUT2D eigenvalue weighted by Gasteiger charge is 2.43. The van der Waals surface area contributed by atoms with Crippen LogP contribution in [0.2, 0.25) is 0 Å². The largest absolute Gasteiger partial charge is 0.469 e. The van der Waals surface area contributed by atoms with E-state index >= 15 is 0 Å². The van der Waals surface area contributed by atoms with E-state index in [9.17, 15) is 4.79 Å². The summed E-state index contributed by atoms with van der Waals surface area (Å²) in [6.45, 7) is 13.6. The predicted molar refractivity (Wildman–Crippen MR) is 194 cm³/mol. The first-order valence-corrected chi connectivity index (χ1v) is 18.5. The van der Waals surface area contributed by atoms with E-state index in [0.29, 0.717) is 6.42 Å². The number of halogens is 1. The summed E-state index contributed by atoms with van der Waals surface area (Å²) in [6, 6.07) is 31.4. The van der Waals surface area contributed by atoms with Crippen molar-refractivity contribution in [2.45, 2.75) is 90.9 Å². The molecule has 0 aliphatic heterocycles. The van der Waals surface area contributed by atoms with Crippen molar-refractivity contribution >= 4 is 41.7 Å². The van der Waals surface area contributed by atoms with Gasteiger partial charge < -0.3 is 4.74 Å². The maximum atomic E-state index is 13.0. The summed E-state index contributed by atoms with van der Waals surface area (Å²) in [4.78, 5) is 14.3. The first kappa shape index (κ1) is 34.8. The van der Waals surface area contributed by atoms with E-state index in [1.54, 1.807) is 0 Å². The summed E-state index contributed by atoms with van der Waals surface area (Å²) in [6.07, 6.45) is 7.46. The zero-order valence-electron chi connectivity index (χ0n) is 26.9. The maximum Gasteiger partial charge on any atom is 0.311 e. The topological polar surface area (TPSA) is 26.3 Å². The lowest BCUT2D eigenvalue weighted by Crippen LogP contribution is -2.38. The summed E-state index contributed by atoms with van der Waals surface area (Å²) in [5.74, 6) is -0.152. The third-order valence-electron chi connectivity index (χ3n) is 9.03. The number of methoxy groups -OCH3 is 1. The van der Waals surface area contributed by atoms with E-state index < -0.39 is 5.41 Å². The monoisotopic (exact) mass is 696 g/mol. The average molecular weight is 697 g/mol. The molecule has 0 bridgehead atoms. The van der Waals surface area contributed by atoms with Gasteiger partial charge in [-0.05, 0) is 66.9 Å². The van der Waals surface area contributed by atoms with Crippen molar-refractivity contribution in [3.8, 4) is 0 Å². The van der Waals surface area contributed by atoms with Crippen molar-refractivity contribution < 1.29 is 9.53 Å². The molecule has 0 fully saturated rings. The second kappa shape index (κ2) is 15.4. The number of unbranched alkanes of at least 4 members (excludes halogenated alkanes) is 2. The van der Waals surface area contributed by atoms with Gasteiger partial charge in [0.25, 0.3) is 0 Å². The standard InChI is InChI=1S/C37H51BIO2P/c1-8-9-16-25-37(31-19-14-11-15-20-31,27-35(4,5)33(40)41-7)32-23-21-30(22-24-32)36(6,29-17-12-10-13-18-29)26-34(2,3)28-42-38-39/h10-15,17-24,38,42H,8-9,16,25-28H2,1-7H3. The van der Waals surface area contributed by atoms with Gasteiger partial charge in [-0.25, -0.2) is 0 Å². The van der Waals surface area contributed by atoms with Crippen LogP contribution in [0.3, 0.4) is 0 Å². The van der Waals surface area contributed by atoms with Gasteiger partial charge in [-0.2, -0.15) is 0 Å². The molecule has 3 rings (SSSR count). The molecule has 0 spiro atoms. The van der Waals surface area contributed by atoms with Crippen molar-refractivity contribution in [1.29, 1.82) is 0 Å². The van der Waals surface area contributed by atoms with Crippen molar-refractivity contribution in [2.75, 3.05) is 13.3 Å². The van der Waals surface area contributed by atoms with Crippen molar-refractivity contribution in [2.24, 2.45) is 10.8 Å². The summed E-state index contributed by atoms with van der Waals surface area (Å²) in [7, 11) is 2.49. The molecule has 3 unspecified atom stereocenters. The van der Waals surface area contributed by atoms with E-state index in [-0.39, 0.29) is 22.2 Å². The van der Waals surface area contributed by atoms with Gasteiger partial charge in [-0.15, -0.1) is 30.8 Å². The van der Waals surface area contributed by atoms with Gasteiger partial charge in [0.05, 0.1) is 12.5 Å². The number of carbonyl (C=O) groups is 1. The number of benzene rings is 3. The molecule has 2 nitrogen and oxygen atoms in total. The number of carbonyl (C=O) groups excluding carboxylic acids is 1. The molecule has 5 heteroatoms. The van der Waals surface area contributed by atoms with Crippen molar-refractivity contribution in [1.82, 2.24) is 0 Å². The molecule has 42 heavy (non-hydrogen) atoms. The van der Waals surface area contributed by atoms with Crippen LogP contribution in [-0.2, 0) is 20.4 Å². The predicted octanol–water partition coefficient (Wildman–Crippen LogP) is 10.2. The van der Waals surface area contributed by atoms with E-state index in [1.165, 1.54) is 46.8 Å². The molecule has 3 atom stereocenters. The molecule has 0 saturated carbocycles. The van der Waals surface area contributed by atoms with Gasteiger partial charge in [-0.3, -0.25) is 4.79 Å². The van der Waals surface area contributed by atoms with Crippen LogP contribution in [0.1, 0.15) is 102 Å². The second-order valence-electron chi connectivity index (χ2n) is 13.6. The summed E-state index contributed by atoms with van der Waals surface area (Å²) >= 11 is 2.51. The molecule has 0 radical (unpaired) electrons. The van der Waals surface area contributed by atoms with Crippen LogP contribution >= 0.6 is 30.8 Å². The van der Waals surface area contributed by atoms with Crippen LogP contribution in [0.5, 0.6) is 0 Å². The van der Waals surface area contributed by atoms with Crippen molar-refractivity contribution in [3.05, 3.63) is 107 Å². The van der Waals surface area contributed by atoms with Gasteiger partial charge in [0.1, 0.15) is 0 Å². The first-order valence-electron chi connectivity index (χ1n) is 15.5. The molecular weight excluding hydrogens is 645 g/mol. The molecule has 0 saturated heterocycles. The van der Waals surface area contributed by atoms with Crippen LogP contribution in [0.15, 0.2) is 84.9 Å². The smallest absolute Gasteiger partial charge is 0.311 e. The number of ether oxygens (including phenoxy) is 1. The van der Waals surface area contributed by atoms with Crippen molar-refractivity contribution in [3.63, 3.8) is 0 Å². The Bertz CT molecular complexity index is 1250. The van der Waals surface area contributed by atoms with Gasteiger partial charge in [0.2, 0.25) is 4.86 Å². The lowest BCUT2D eigenvalue weighted by Gasteiger charge is -2.42. The maximum absolute atomic E-state index is 13.0. The van der Waals surface area contributed by atoms with Crippen LogP contribution < -0.4 is 0 Å². The Morgan fingerprint density at radius 1 is 0.762 bits per heavy atom. The molecule has 3 aromatic carbocycles. The number of hydrogen-bond acceptors (Lipinski definition) is 2. The molecule has 226 valence electrons. The lowest BCUT2D eigenvalue weighted by atomic mass is 9.62. The summed E-state index contributed by atoms with van der Waals surface area (Å²) in [5, 5.41) is 0. The zero-order valence-corrected chi connectivity index (χ0v) is 30.1. The van der Waals surface area contributed by atoms with E-state index in [4.69, 9.17) is 4.74 Å². The highest BCUT2D eigenvalue weighted by molar-refractivity contribution is 14.1. The fraction of sp³-hybridized carbons (Fsp3) is 0.486. The molecule has 0 amide bonds. The SMILES string of the molecule is CCCCCC(CC(C)(C)C(=O)OC)(c1ccccc1)c1ccc(C(C)(CC(C)(C)CPBI)c2ccccc2)cc1. The molecule has 0 aliphatic carbocycles. The molecule has 0 aliphatic rings. The number of esters is 1. The number of hydrogen-bond donors (Lipinski definition) is 0. The van der Waals surface area contributed by atoms with Gasteiger partial charge in [0, 0.05) is 10.8 Å². The summed E-state index contributed by atoms with van der Waals surface area (Å²) in [5.41, 5.74) is 4.48. The lowest BCUT2D eigenvalue weighted by molar-refractivity contribution is -0.151. The minimum Gasteiger partial charge on any atom is -0.469 e. The van der Waals surface area contributed by atoms with Crippen LogP contribution in [0.25, 0.3) is 0 Å². The Morgan fingerprint density at radius 3 is 1.79 bits per heavy atom. The number of rotatable bonds is 16. The summed E-state index contributed by atoms with van der Waals surface area (Å²) < 4.78 is 5.31.